The van der Waals surface area contributed by atoms with Crippen LogP contribution in [0.5, 0.6) is 0 Å². The molecular formula is C16H13N3. The maximum Gasteiger partial charge on any atom is 0.0784 e. The molecule has 0 aliphatic rings. The van der Waals surface area contributed by atoms with Crippen molar-refractivity contribution in [2.24, 2.45) is 0 Å². The van der Waals surface area contributed by atoms with Gasteiger partial charge in [-0.3, -0.25) is 15.0 Å². The summed E-state index contributed by atoms with van der Waals surface area (Å²) >= 11 is 0. The molecule has 0 atom stereocenters. The highest BCUT2D eigenvalue weighted by molar-refractivity contribution is 5.80. The molecule has 0 bridgehead atoms. The number of hydrogen-bond donors (Lipinski definition) is 0. The predicted octanol–water partition coefficient (Wildman–Crippen LogP) is 3.51. The lowest BCUT2D eigenvalue weighted by molar-refractivity contribution is 1.20. The average molecular weight is 247 g/mol. The third-order valence-electron chi connectivity index (χ3n) is 2.98. The molecule has 3 nitrogen and oxygen atoms in total. The molecule has 3 heteroatoms. The molecular weight excluding hydrogens is 234 g/mol. The summed E-state index contributed by atoms with van der Waals surface area (Å²) in [5.41, 5.74) is 5.29. The molecule has 3 aromatic heterocycles. The lowest BCUT2D eigenvalue weighted by atomic mass is 10.0. The number of nitrogens with zero attached hydrogens (tertiary/aromatic N) is 3. The molecule has 0 spiro atoms. The molecule has 92 valence electrons. The zero-order valence-electron chi connectivity index (χ0n) is 10.6. The smallest absolute Gasteiger partial charge is 0.0784 e. The van der Waals surface area contributed by atoms with Gasteiger partial charge in [0, 0.05) is 41.6 Å². The Morgan fingerprint density at radius 3 is 1.89 bits per heavy atom. The lowest BCUT2D eigenvalue weighted by Gasteiger charge is -2.09. The van der Waals surface area contributed by atoms with E-state index < -0.39 is 0 Å². The number of pyridine rings is 3. The minimum Gasteiger partial charge on any atom is -0.265 e. The third kappa shape index (κ3) is 2.36. The number of hydrogen-bond acceptors (Lipinski definition) is 3. The van der Waals surface area contributed by atoms with Crippen LogP contribution in [-0.4, -0.2) is 15.0 Å². The van der Waals surface area contributed by atoms with Gasteiger partial charge in [0.1, 0.15) is 0 Å². The topological polar surface area (TPSA) is 38.7 Å². The summed E-state index contributed by atoms with van der Waals surface area (Å²) in [4.78, 5) is 12.8. The summed E-state index contributed by atoms with van der Waals surface area (Å²) in [7, 11) is 0. The van der Waals surface area contributed by atoms with E-state index in [4.69, 9.17) is 0 Å². The number of aromatic nitrogens is 3. The molecule has 0 aliphatic heterocycles. The largest absolute Gasteiger partial charge is 0.265 e. The fraction of sp³-hybridized carbons (Fsp3) is 0.0625. The van der Waals surface area contributed by atoms with Crippen LogP contribution in [0.3, 0.4) is 0 Å². The van der Waals surface area contributed by atoms with Gasteiger partial charge in [0.25, 0.3) is 0 Å². The Balaban J connectivity index is 2.21. The Hall–Kier alpha value is -2.55. The summed E-state index contributed by atoms with van der Waals surface area (Å²) in [5, 5.41) is 0. The lowest BCUT2D eigenvalue weighted by Crippen LogP contribution is -1.92. The molecule has 3 aromatic rings. The molecule has 0 unspecified atom stereocenters. The zero-order chi connectivity index (χ0) is 13.1. The third-order valence-corrected chi connectivity index (χ3v) is 2.98. The fourth-order valence-corrected chi connectivity index (χ4v) is 2.05. The molecule has 0 saturated carbocycles. The van der Waals surface area contributed by atoms with Gasteiger partial charge in [-0.2, -0.15) is 0 Å². The molecule has 0 amide bonds. The Bertz CT molecular complexity index is 679. The van der Waals surface area contributed by atoms with Gasteiger partial charge in [-0.1, -0.05) is 6.07 Å². The van der Waals surface area contributed by atoms with Crippen LogP contribution in [0.25, 0.3) is 22.4 Å². The van der Waals surface area contributed by atoms with Crippen LogP contribution in [0.2, 0.25) is 0 Å². The molecule has 0 aliphatic carbocycles. The van der Waals surface area contributed by atoms with Gasteiger partial charge in [0.2, 0.25) is 0 Å². The van der Waals surface area contributed by atoms with E-state index >= 15 is 0 Å². The van der Waals surface area contributed by atoms with E-state index in [-0.39, 0.29) is 0 Å². The van der Waals surface area contributed by atoms with Crippen LogP contribution >= 0.6 is 0 Å². The SMILES string of the molecule is Cc1ccc(-c2ccncc2)c(-c2ccncc2)n1. The Morgan fingerprint density at radius 2 is 1.26 bits per heavy atom. The minimum absolute atomic E-state index is 0.980. The second kappa shape index (κ2) is 4.98. The Kier molecular flexibility index (Phi) is 3.02. The van der Waals surface area contributed by atoms with Crippen molar-refractivity contribution in [3.8, 4) is 22.4 Å². The van der Waals surface area contributed by atoms with Crippen molar-refractivity contribution in [2.45, 2.75) is 6.92 Å². The van der Waals surface area contributed by atoms with Crippen LogP contribution in [-0.2, 0) is 0 Å². The quantitative estimate of drug-likeness (QED) is 0.695. The summed E-state index contributed by atoms with van der Waals surface area (Å²) in [6, 6.07) is 12.1. The first-order valence-corrected chi connectivity index (χ1v) is 6.13. The van der Waals surface area contributed by atoms with E-state index in [1.54, 1.807) is 24.8 Å². The number of rotatable bonds is 2. The number of aryl methyl sites for hydroxylation is 1. The molecule has 19 heavy (non-hydrogen) atoms. The van der Waals surface area contributed by atoms with Gasteiger partial charge in [-0.15, -0.1) is 0 Å². The molecule has 3 heterocycles. The van der Waals surface area contributed by atoms with Gasteiger partial charge in [-0.05, 0) is 42.8 Å². The van der Waals surface area contributed by atoms with Crippen LogP contribution in [0.1, 0.15) is 5.69 Å². The molecule has 0 aromatic carbocycles. The molecule has 0 N–H and O–H groups in total. The highest BCUT2D eigenvalue weighted by Gasteiger charge is 2.09. The van der Waals surface area contributed by atoms with Crippen molar-refractivity contribution in [1.82, 2.24) is 15.0 Å². The van der Waals surface area contributed by atoms with E-state index in [9.17, 15) is 0 Å². The summed E-state index contributed by atoms with van der Waals surface area (Å²) in [6.07, 6.45) is 7.17. The van der Waals surface area contributed by atoms with Crippen molar-refractivity contribution >= 4 is 0 Å². The predicted molar refractivity (Wildman–Crippen MR) is 75.4 cm³/mol. The van der Waals surface area contributed by atoms with Gasteiger partial charge >= 0.3 is 0 Å². The van der Waals surface area contributed by atoms with Gasteiger partial charge in [0.05, 0.1) is 5.69 Å². The van der Waals surface area contributed by atoms with Crippen molar-refractivity contribution in [3.63, 3.8) is 0 Å². The summed E-state index contributed by atoms with van der Waals surface area (Å²) < 4.78 is 0. The second-order valence-corrected chi connectivity index (χ2v) is 4.32. The fourth-order valence-electron chi connectivity index (χ4n) is 2.05. The van der Waals surface area contributed by atoms with Crippen molar-refractivity contribution in [2.75, 3.05) is 0 Å². The first-order valence-electron chi connectivity index (χ1n) is 6.13. The van der Waals surface area contributed by atoms with E-state index in [0.717, 1.165) is 28.1 Å². The molecule has 3 rings (SSSR count). The molecule has 0 saturated heterocycles. The normalized spacial score (nSPS) is 10.4. The summed E-state index contributed by atoms with van der Waals surface area (Å²) in [5.74, 6) is 0. The highest BCUT2D eigenvalue weighted by atomic mass is 14.7. The van der Waals surface area contributed by atoms with Crippen LogP contribution in [0.4, 0.5) is 0 Å². The monoisotopic (exact) mass is 247 g/mol. The van der Waals surface area contributed by atoms with Gasteiger partial charge in [0.15, 0.2) is 0 Å². The highest BCUT2D eigenvalue weighted by Crippen LogP contribution is 2.29. The molecule has 0 radical (unpaired) electrons. The van der Waals surface area contributed by atoms with E-state index in [2.05, 4.69) is 21.0 Å². The minimum atomic E-state index is 0.980. The van der Waals surface area contributed by atoms with E-state index in [0.29, 0.717) is 0 Å². The first kappa shape index (κ1) is 11.5. The maximum absolute atomic E-state index is 4.67. The second-order valence-electron chi connectivity index (χ2n) is 4.32. The van der Waals surface area contributed by atoms with Crippen molar-refractivity contribution in [3.05, 3.63) is 66.9 Å². The zero-order valence-corrected chi connectivity index (χ0v) is 10.6. The first-order chi connectivity index (χ1) is 9.34. The average Bonchev–Trinajstić information content (AvgIpc) is 2.49. The van der Waals surface area contributed by atoms with Crippen LogP contribution in [0.15, 0.2) is 61.2 Å². The van der Waals surface area contributed by atoms with Crippen LogP contribution < -0.4 is 0 Å². The van der Waals surface area contributed by atoms with Gasteiger partial charge < -0.3 is 0 Å². The van der Waals surface area contributed by atoms with Crippen LogP contribution in [0, 0.1) is 6.92 Å². The Labute approximate surface area is 112 Å². The van der Waals surface area contributed by atoms with Crippen molar-refractivity contribution < 1.29 is 0 Å². The maximum atomic E-state index is 4.67. The standard InChI is InChI=1S/C16H13N3/c1-12-2-3-15(13-4-8-17-9-5-13)16(19-12)14-6-10-18-11-7-14/h2-11H,1H3. The van der Waals surface area contributed by atoms with Crippen molar-refractivity contribution in [1.29, 1.82) is 0 Å². The van der Waals surface area contributed by atoms with Gasteiger partial charge in [-0.25, -0.2) is 0 Å². The van der Waals surface area contributed by atoms with E-state index in [1.165, 1.54) is 0 Å². The molecule has 0 fully saturated rings. The van der Waals surface area contributed by atoms with E-state index in [1.807, 2.05) is 37.3 Å². The summed E-state index contributed by atoms with van der Waals surface area (Å²) in [6.45, 7) is 2.00. The Morgan fingerprint density at radius 1 is 0.684 bits per heavy atom.